The molecule has 1 saturated heterocycles. The first-order valence-corrected chi connectivity index (χ1v) is 12.2. The smallest absolute Gasteiger partial charge is 0.255 e. The summed E-state index contributed by atoms with van der Waals surface area (Å²) in [6.45, 7) is 6.65. The highest BCUT2D eigenvalue weighted by atomic mass is 16.2. The van der Waals surface area contributed by atoms with Crippen molar-refractivity contribution in [3.8, 4) is 0 Å². The van der Waals surface area contributed by atoms with Gasteiger partial charge in [0, 0.05) is 51.0 Å². The minimum Gasteiger partial charge on any atom is -0.342 e. The highest BCUT2D eigenvalue weighted by molar-refractivity contribution is 5.81. The van der Waals surface area contributed by atoms with Crippen LogP contribution in [0.15, 0.2) is 4.79 Å². The van der Waals surface area contributed by atoms with Gasteiger partial charge in [0.05, 0.1) is 11.3 Å². The third kappa shape index (κ3) is 4.20. The van der Waals surface area contributed by atoms with E-state index in [9.17, 15) is 9.59 Å². The number of nitrogens with one attached hydrogen (secondary N) is 1. The van der Waals surface area contributed by atoms with E-state index in [1.165, 1.54) is 32.1 Å². The van der Waals surface area contributed by atoms with E-state index in [2.05, 4.69) is 16.8 Å². The van der Waals surface area contributed by atoms with Crippen LogP contribution in [0.2, 0.25) is 0 Å². The van der Waals surface area contributed by atoms with Crippen molar-refractivity contribution >= 4 is 5.91 Å². The Hall–Kier alpha value is -1.69. The Morgan fingerprint density at radius 1 is 1.10 bits per heavy atom. The third-order valence-electron chi connectivity index (χ3n) is 8.03. The van der Waals surface area contributed by atoms with E-state index in [1.807, 2.05) is 4.90 Å². The number of aromatic amines is 1. The molecule has 2 aliphatic heterocycles. The number of aromatic nitrogens is 2. The standard InChI is InChI=1S/C24H36N4O2/c1-16-13-19(16)24(30)28-11-7-18(8-12-28)22-25-21-9-10-27(15-20(21)23(29)26-22)14-17-5-3-2-4-6-17/h16-19H,2-15H2,1H3,(H,25,26,29)/t16-,19-/m0/s1. The zero-order valence-corrected chi connectivity index (χ0v) is 18.4. The monoisotopic (exact) mass is 412 g/mol. The predicted octanol–water partition coefficient (Wildman–Crippen LogP) is 3.07. The van der Waals surface area contributed by atoms with Crippen molar-refractivity contribution in [3.05, 3.63) is 27.4 Å². The molecule has 0 bridgehead atoms. The molecular weight excluding hydrogens is 376 g/mol. The number of nitrogens with zero attached hydrogens (tertiary/aromatic N) is 3. The first-order chi connectivity index (χ1) is 14.6. The first-order valence-electron chi connectivity index (χ1n) is 12.2. The summed E-state index contributed by atoms with van der Waals surface area (Å²) in [5, 5.41) is 0. The van der Waals surface area contributed by atoms with E-state index in [0.717, 1.165) is 81.4 Å². The zero-order valence-electron chi connectivity index (χ0n) is 18.4. The van der Waals surface area contributed by atoms with Crippen molar-refractivity contribution in [1.82, 2.24) is 19.8 Å². The topological polar surface area (TPSA) is 69.3 Å². The summed E-state index contributed by atoms with van der Waals surface area (Å²) in [4.78, 5) is 37.9. The van der Waals surface area contributed by atoms with Gasteiger partial charge in [0.1, 0.15) is 5.82 Å². The van der Waals surface area contributed by atoms with Gasteiger partial charge in [0.2, 0.25) is 5.91 Å². The van der Waals surface area contributed by atoms with Crippen molar-refractivity contribution < 1.29 is 4.79 Å². The molecule has 0 spiro atoms. The average molecular weight is 413 g/mol. The summed E-state index contributed by atoms with van der Waals surface area (Å²) in [6.07, 6.45) is 10.6. The quantitative estimate of drug-likeness (QED) is 0.825. The maximum absolute atomic E-state index is 12.9. The molecule has 0 unspecified atom stereocenters. The molecule has 2 atom stereocenters. The van der Waals surface area contributed by atoms with Gasteiger partial charge in [-0.1, -0.05) is 26.2 Å². The fourth-order valence-electron chi connectivity index (χ4n) is 5.86. The van der Waals surface area contributed by atoms with Gasteiger partial charge in [-0.3, -0.25) is 14.5 Å². The van der Waals surface area contributed by atoms with Gasteiger partial charge >= 0.3 is 0 Å². The van der Waals surface area contributed by atoms with Crippen LogP contribution in [0.5, 0.6) is 0 Å². The van der Waals surface area contributed by atoms with E-state index in [-0.39, 0.29) is 17.4 Å². The molecule has 0 radical (unpaired) electrons. The lowest BCUT2D eigenvalue weighted by Gasteiger charge is -2.34. The van der Waals surface area contributed by atoms with E-state index in [4.69, 9.17) is 4.98 Å². The number of amides is 1. The molecule has 1 aromatic heterocycles. The lowest BCUT2D eigenvalue weighted by molar-refractivity contribution is -0.133. The Morgan fingerprint density at radius 3 is 2.53 bits per heavy atom. The highest BCUT2D eigenvalue weighted by Gasteiger charge is 2.42. The molecule has 1 N–H and O–H groups in total. The average Bonchev–Trinajstić information content (AvgIpc) is 3.51. The molecule has 4 aliphatic rings. The summed E-state index contributed by atoms with van der Waals surface area (Å²) in [6, 6.07) is 0. The molecule has 6 heteroatoms. The van der Waals surface area contributed by atoms with E-state index >= 15 is 0 Å². The van der Waals surface area contributed by atoms with Gasteiger partial charge in [-0.25, -0.2) is 4.98 Å². The van der Waals surface area contributed by atoms with Crippen LogP contribution in [0, 0.1) is 17.8 Å². The molecule has 3 heterocycles. The number of hydrogen-bond acceptors (Lipinski definition) is 4. The zero-order chi connectivity index (χ0) is 20.7. The van der Waals surface area contributed by atoms with E-state index in [0.29, 0.717) is 11.8 Å². The van der Waals surface area contributed by atoms with Crippen LogP contribution in [0.1, 0.15) is 81.3 Å². The number of likely N-dealkylation sites (tertiary alicyclic amines) is 1. The van der Waals surface area contributed by atoms with Gasteiger partial charge in [-0.2, -0.15) is 0 Å². The Bertz CT molecular complexity index is 836. The maximum Gasteiger partial charge on any atom is 0.255 e. The number of H-pyrrole nitrogens is 1. The maximum atomic E-state index is 12.9. The lowest BCUT2D eigenvalue weighted by atomic mass is 9.88. The second kappa shape index (κ2) is 8.45. The van der Waals surface area contributed by atoms with Crippen LogP contribution in [-0.4, -0.2) is 51.9 Å². The van der Waals surface area contributed by atoms with Gasteiger partial charge in [0.15, 0.2) is 0 Å². The van der Waals surface area contributed by atoms with Crippen molar-refractivity contribution in [1.29, 1.82) is 0 Å². The number of carbonyl (C=O) groups excluding carboxylic acids is 1. The van der Waals surface area contributed by atoms with Gasteiger partial charge < -0.3 is 9.88 Å². The molecule has 2 saturated carbocycles. The van der Waals surface area contributed by atoms with Crippen LogP contribution in [0.25, 0.3) is 0 Å². The van der Waals surface area contributed by atoms with Crippen molar-refractivity contribution in [2.24, 2.45) is 17.8 Å². The Labute approximate surface area is 179 Å². The summed E-state index contributed by atoms with van der Waals surface area (Å²) < 4.78 is 0. The fraction of sp³-hybridized carbons (Fsp3) is 0.792. The normalized spacial score (nSPS) is 28.4. The largest absolute Gasteiger partial charge is 0.342 e. The second-order valence-electron chi connectivity index (χ2n) is 10.3. The molecule has 1 aromatic rings. The van der Waals surface area contributed by atoms with Crippen molar-refractivity contribution in [3.63, 3.8) is 0 Å². The van der Waals surface area contributed by atoms with E-state index in [1.54, 1.807) is 0 Å². The predicted molar refractivity (Wildman–Crippen MR) is 116 cm³/mol. The third-order valence-corrected chi connectivity index (χ3v) is 8.03. The Morgan fingerprint density at radius 2 is 1.83 bits per heavy atom. The number of carbonyl (C=O) groups is 1. The van der Waals surface area contributed by atoms with Crippen LogP contribution in [0.4, 0.5) is 0 Å². The summed E-state index contributed by atoms with van der Waals surface area (Å²) in [5.74, 6) is 3.09. The summed E-state index contributed by atoms with van der Waals surface area (Å²) in [7, 11) is 0. The van der Waals surface area contributed by atoms with Crippen LogP contribution in [-0.2, 0) is 17.8 Å². The minimum atomic E-state index is 0.0636. The SMILES string of the molecule is C[C@H]1C[C@@H]1C(=O)N1CCC(c2nc3c(c(=O)[nH]2)CN(CC2CCCCC2)CC3)CC1. The van der Waals surface area contributed by atoms with Gasteiger partial charge in [-0.15, -0.1) is 0 Å². The van der Waals surface area contributed by atoms with Gasteiger partial charge in [0.25, 0.3) is 5.56 Å². The number of piperidine rings is 1. The fourth-order valence-corrected chi connectivity index (χ4v) is 5.86. The van der Waals surface area contributed by atoms with Crippen LogP contribution >= 0.6 is 0 Å². The molecule has 30 heavy (non-hydrogen) atoms. The minimum absolute atomic E-state index is 0.0636. The molecule has 1 amide bonds. The van der Waals surface area contributed by atoms with Gasteiger partial charge in [-0.05, 0) is 43.9 Å². The number of rotatable bonds is 4. The van der Waals surface area contributed by atoms with Crippen molar-refractivity contribution in [2.45, 2.75) is 77.2 Å². The number of fused-ring (bicyclic) bond motifs is 1. The second-order valence-corrected chi connectivity index (χ2v) is 10.3. The van der Waals surface area contributed by atoms with Crippen LogP contribution in [0.3, 0.4) is 0 Å². The summed E-state index contributed by atoms with van der Waals surface area (Å²) >= 11 is 0. The lowest BCUT2D eigenvalue weighted by Crippen LogP contribution is -2.41. The van der Waals surface area contributed by atoms with E-state index < -0.39 is 0 Å². The molecule has 2 aliphatic carbocycles. The molecular formula is C24H36N4O2. The molecule has 5 rings (SSSR count). The molecule has 164 valence electrons. The number of hydrogen-bond donors (Lipinski definition) is 1. The Balaban J connectivity index is 1.21. The highest BCUT2D eigenvalue weighted by Crippen LogP contribution is 2.40. The molecule has 0 aromatic carbocycles. The van der Waals surface area contributed by atoms with Crippen LogP contribution < -0.4 is 5.56 Å². The Kier molecular flexibility index (Phi) is 5.69. The molecule has 3 fully saturated rings. The summed E-state index contributed by atoms with van der Waals surface area (Å²) in [5.41, 5.74) is 1.96. The first kappa shape index (κ1) is 20.2. The van der Waals surface area contributed by atoms with Crippen molar-refractivity contribution in [2.75, 3.05) is 26.2 Å². The molecule has 6 nitrogen and oxygen atoms in total.